The van der Waals surface area contributed by atoms with Crippen LogP contribution in [-0.2, 0) is 27.3 Å². The number of hydrogen-bond donors (Lipinski definition) is 1. The van der Waals surface area contributed by atoms with E-state index in [1.165, 1.54) is 0 Å². The van der Waals surface area contributed by atoms with Crippen LogP contribution in [0.15, 0.2) is 0 Å². The van der Waals surface area contributed by atoms with E-state index >= 15 is 0 Å². The Morgan fingerprint density at radius 1 is 1.38 bits per heavy atom. The molecule has 2 rings (SSSR count). The topological polar surface area (TPSA) is 84.7 Å². The normalized spacial score (nSPS) is 18.2. The van der Waals surface area contributed by atoms with Gasteiger partial charge in [-0.25, -0.2) is 0 Å². The highest BCUT2D eigenvalue weighted by molar-refractivity contribution is 5.79. The van der Waals surface area contributed by atoms with Crippen molar-refractivity contribution in [3.05, 3.63) is 17.0 Å². The molecule has 1 fully saturated rings. The standard InChI is InChI=1S/C17H27N3O4/c1-11(2)9-20-13(4)15(12(3)18-20)8-16(21)19-5-6-24-14(10-19)7-17(22)23/h11,14H,5-10H2,1-4H3,(H,22,23)/t14-/m1/s1. The molecule has 0 saturated carbocycles. The number of aromatic nitrogens is 2. The molecule has 1 aromatic heterocycles. The smallest absolute Gasteiger partial charge is 0.306 e. The molecule has 1 aromatic rings. The maximum Gasteiger partial charge on any atom is 0.306 e. The highest BCUT2D eigenvalue weighted by Gasteiger charge is 2.27. The van der Waals surface area contributed by atoms with Crippen LogP contribution in [0.3, 0.4) is 0 Å². The third-order valence-electron chi connectivity index (χ3n) is 4.29. The molecule has 0 bridgehead atoms. The fourth-order valence-corrected chi connectivity index (χ4v) is 3.04. The number of nitrogens with zero attached hydrogens (tertiary/aromatic N) is 3. The summed E-state index contributed by atoms with van der Waals surface area (Å²) in [5.41, 5.74) is 2.89. The van der Waals surface area contributed by atoms with Crippen molar-refractivity contribution >= 4 is 11.9 Å². The molecule has 24 heavy (non-hydrogen) atoms. The number of hydrogen-bond acceptors (Lipinski definition) is 4. The van der Waals surface area contributed by atoms with E-state index in [1.807, 2.05) is 18.5 Å². The van der Waals surface area contributed by atoms with Crippen LogP contribution < -0.4 is 0 Å². The molecule has 1 amide bonds. The number of carboxylic acid groups (broad SMARTS) is 1. The van der Waals surface area contributed by atoms with Gasteiger partial charge in [-0.1, -0.05) is 13.8 Å². The molecule has 1 aliphatic heterocycles. The minimum Gasteiger partial charge on any atom is -0.481 e. The van der Waals surface area contributed by atoms with Crippen LogP contribution in [0.25, 0.3) is 0 Å². The predicted molar refractivity (Wildman–Crippen MR) is 88.8 cm³/mol. The zero-order valence-electron chi connectivity index (χ0n) is 14.9. The number of amides is 1. The van der Waals surface area contributed by atoms with Gasteiger partial charge >= 0.3 is 5.97 Å². The maximum absolute atomic E-state index is 12.6. The largest absolute Gasteiger partial charge is 0.481 e. The molecule has 1 saturated heterocycles. The predicted octanol–water partition coefficient (Wildman–Crippen LogP) is 1.40. The third kappa shape index (κ3) is 4.56. The second-order valence-electron chi connectivity index (χ2n) is 6.83. The summed E-state index contributed by atoms with van der Waals surface area (Å²) in [5.74, 6) is -0.414. The van der Waals surface area contributed by atoms with Crippen LogP contribution in [0.4, 0.5) is 0 Å². The number of aryl methyl sites for hydroxylation is 1. The SMILES string of the molecule is Cc1nn(CC(C)C)c(C)c1CC(=O)N1CCO[C@H](CC(=O)O)C1. The fourth-order valence-electron chi connectivity index (χ4n) is 3.04. The van der Waals surface area contributed by atoms with Crippen LogP contribution in [0.2, 0.25) is 0 Å². The lowest BCUT2D eigenvalue weighted by Crippen LogP contribution is -2.46. The van der Waals surface area contributed by atoms with Crippen molar-refractivity contribution in [2.75, 3.05) is 19.7 Å². The van der Waals surface area contributed by atoms with Gasteiger partial charge in [0, 0.05) is 30.9 Å². The van der Waals surface area contributed by atoms with E-state index in [4.69, 9.17) is 9.84 Å². The van der Waals surface area contributed by atoms with E-state index in [1.54, 1.807) is 4.90 Å². The van der Waals surface area contributed by atoms with Crippen LogP contribution in [0, 0.1) is 19.8 Å². The average molecular weight is 337 g/mol. The first-order valence-corrected chi connectivity index (χ1v) is 8.42. The molecule has 2 heterocycles. The first kappa shape index (κ1) is 18.4. The van der Waals surface area contributed by atoms with Gasteiger partial charge in [-0.3, -0.25) is 14.3 Å². The van der Waals surface area contributed by atoms with Crippen molar-refractivity contribution in [3.63, 3.8) is 0 Å². The molecule has 0 radical (unpaired) electrons. The lowest BCUT2D eigenvalue weighted by Gasteiger charge is -2.32. The molecule has 1 N–H and O–H groups in total. The number of morpholine rings is 1. The van der Waals surface area contributed by atoms with E-state index in [9.17, 15) is 9.59 Å². The fraction of sp³-hybridized carbons (Fsp3) is 0.706. The second kappa shape index (κ2) is 7.79. The van der Waals surface area contributed by atoms with Crippen molar-refractivity contribution in [2.24, 2.45) is 5.92 Å². The summed E-state index contributed by atoms with van der Waals surface area (Å²) in [6, 6.07) is 0. The Morgan fingerprint density at radius 3 is 2.71 bits per heavy atom. The molecule has 0 aliphatic carbocycles. The molecule has 7 heteroatoms. The Kier molecular flexibility index (Phi) is 5.99. The van der Waals surface area contributed by atoms with Gasteiger partial charge in [-0.15, -0.1) is 0 Å². The maximum atomic E-state index is 12.6. The highest BCUT2D eigenvalue weighted by Crippen LogP contribution is 2.17. The lowest BCUT2D eigenvalue weighted by molar-refractivity contribution is -0.147. The van der Waals surface area contributed by atoms with Crippen molar-refractivity contribution in [3.8, 4) is 0 Å². The van der Waals surface area contributed by atoms with Crippen LogP contribution >= 0.6 is 0 Å². The van der Waals surface area contributed by atoms with Gasteiger partial charge in [0.15, 0.2) is 0 Å². The summed E-state index contributed by atoms with van der Waals surface area (Å²) in [7, 11) is 0. The molecular weight excluding hydrogens is 310 g/mol. The van der Waals surface area contributed by atoms with Gasteiger partial charge < -0.3 is 14.7 Å². The van der Waals surface area contributed by atoms with Crippen molar-refractivity contribution in [2.45, 2.75) is 53.2 Å². The minimum absolute atomic E-state index is 0.00369. The summed E-state index contributed by atoms with van der Waals surface area (Å²) in [6.45, 7) is 10.3. The van der Waals surface area contributed by atoms with Crippen LogP contribution in [0.5, 0.6) is 0 Å². The highest BCUT2D eigenvalue weighted by atomic mass is 16.5. The summed E-state index contributed by atoms with van der Waals surface area (Å²) >= 11 is 0. The van der Waals surface area contributed by atoms with Gasteiger partial charge in [0.05, 0.1) is 31.2 Å². The number of ether oxygens (including phenoxy) is 1. The summed E-state index contributed by atoms with van der Waals surface area (Å²) in [6.07, 6.45) is -0.199. The number of carbonyl (C=O) groups excluding carboxylic acids is 1. The van der Waals surface area contributed by atoms with E-state index in [2.05, 4.69) is 18.9 Å². The summed E-state index contributed by atoms with van der Waals surface area (Å²) in [4.78, 5) is 25.1. The van der Waals surface area contributed by atoms with Gasteiger partial charge in [0.1, 0.15) is 0 Å². The van der Waals surface area contributed by atoms with E-state index in [-0.39, 0.29) is 12.3 Å². The molecular formula is C17H27N3O4. The van der Waals surface area contributed by atoms with Crippen LogP contribution in [-0.4, -0.2) is 57.5 Å². The van der Waals surface area contributed by atoms with E-state index in [0.29, 0.717) is 32.0 Å². The Bertz CT molecular complexity index is 609. The van der Waals surface area contributed by atoms with Crippen molar-refractivity contribution in [1.82, 2.24) is 14.7 Å². The zero-order valence-corrected chi connectivity index (χ0v) is 14.9. The molecule has 0 unspecified atom stereocenters. The van der Waals surface area contributed by atoms with Crippen molar-refractivity contribution < 1.29 is 19.4 Å². The minimum atomic E-state index is -0.907. The number of rotatable bonds is 6. The second-order valence-corrected chi connectivity index (χ2v) is 6.83. The first-order valence-electron chi connectivity index (χ1n) is 8.42. The van der Waals surface area contributed by atoms with Crippen LogP contribution in [0.1, 0.15) is 37.2 Å². The molecule has 0 aromatic carbocycles. The summed E-state index contributed by atoms with van der Waals surface area (Å²) in [5, 5.41) is 13.4. The Labute approximate surface area is 142 Å². The Morgan fingerprint density at radius 2 is 2.08 bits per heavy atom. The molecule has 7 nitrogen and oxygen atoms in total. The quantitative estimate of drug-likeness (QED) is 0.848. The molecule has 1 aliphatic rings. The van der Waals surface area contributed by atoms with Crippen molar-refractivity contribution in [1.29, 1.82) is 0 Å². The monoisotopic (exact) mass is 337 g/mol. The first-order chi connectivity index (χ1) is 11.3. The average Bonchev–Trinajstić information content (AvgIpc) is 2.73. The number of carbonyl (C=O) groups is 2. The Balaban J connectivity index is 2.04. The molecule has 1 atom stereocenters. The number of aliphatic carboxylic acids is 1. The van der Waals surface area contributed by atoms with Gasteiger partial charge in [0.25, 0.3) is 0 Å². The lowest BCUT2D eigenvalue weighted by atomic mass is 10.1. The third-order valence-corrected chi connectivity index (χ3v) is 4.29. The van der Waals surface area contributed by atoms with Gasteiger partial charge in [-0.2, -0.15) is 5.10 Å². The van der Waals surface area contributed by atoms with Gasteiger partial charge in [0.2, 0.25) is 5.91 Å². The number of carboxylic acids is 1. The van der Waals surface area contributed by atoms with E-state index < -0.39 is 12.1 Å². The molecule has 0 spiro atoms. The van der Waals surface area contributed by atoms with E-state index in [0.717, 1.165) is 23.5 Å². The molecule has 134 valence electrons. The summed E-state index contributed by atoms with van der Waals surface area (Å²) < 4.78 is 7.39. The Hall–Kier alpha value is -1.89. The van der Waals surface area contributed by atoms with Gasteiger partial charge in [-0.05, 0) is 19.8 Å². The zero-order chi connectivity index (χ0) is 17.9.